The third-order valence-electron chi connectivity index (χ3n) is 3.62. The van der Waals surface area contributed by atoms with Crippen LogP contribution in [0.1, 0.15) is 30.4 Å². The molecule has 1 saturated carbocycles. The molecule has 0 saturated heterocycles. The highest BCUT2D eigenvalue weighted by atomic mass is 15.0. The molecule has 0 aromatic heterocycles. The Kier molecular flexibility index (Phi) is 3.31. The summed E-state index contributed by atoms with van der Waals surface area (Å²) in [7, 11) is 4.22. The van der Waals surface area contributed by atoms with Crippen molar-refractivity contribution in [3.05, 3.63) is 35.4 Å². The topological polar surface area (TPSA) is 29.3 Å². The number of benzene rings is 1. The number of hydrogen-bond acceptors (Lipinski definition) is 2. The molecule has 0 atom stereocenters. The molecule has 16 heavy (non-hydrogen) atoms. The zero-order chi connectivity index (χ0) is 11.6. The first-order valence-electron chi connectivity index (χ1n) is 6.13. The SMILES string of the molecule is CN(C)CCc1ccc(C2(N)CCC2)cc1. The van der Waals surface area contributed by atoms with E-state index >= 15 is 0 Å². The second kappa shape index (κ2) is 4.56. The van der Waals surface area contributed by atoms with Crippen LogP contribution in [0.5, 0.6) is 0 Å². The Hall–Kier alpha value is -0.860. The molecule has 2 heteroatoms. The van der Waals surface area contributed by atoms with Crippen LogP contribution in [-0.2, 0) is 12.0 Å². The van der Waals surface area contributed by atoms with Crippen LogP contribution in [0.25, 0.3) is 0 Å². The predicted octanol–water partition coefficient (Wildman–Crippen LogP) is 2.13. The van der Waals surface area contributed by atoms with Gasteiger partial charge in [-0.15, -0.1) is 0 Å². The number of rotatable bonds is 4. The van der Waals surface area contributed by atoms with Crippen molar-refractivity contribution in [2.24, 2.45) is 5.73 Å². The number of nitrogens with two attached hydrogens (primary N) is 1. The standard InChI is InChI=1S/C14H22N2/c1-16(2)11-8-12-4-6-13(7-5-12)14(15)9-3-10-14/h4-7H,3,8-11,15H2,1-2H3. The largest absolute Gasteiger partial charge is 0.321 e. The summed E-state index contributed by atoms with van der Waals surface area (Å²) in [6.07, 6.45) is 4.68. The van der Waals surface area contributed by atoms with E-state index in [1.807, 2.05) is 0 Å². The maximum Gasteiger partial charge on any atom is 0.0409 e. The minimum atomic E-state index is -0.0138. The van der Waals surface area contributed by atoms with Crippen LogP contribution in [0.3, 0.4) is 0 Å². The molecule has 0 heterocycles. The molecule has 2 rings (SSSR count). The van der Waals surface area contributed by atoms with E-state index in [2.05, 4.69) is 43.3 Å². The van der Waals surface area contributed by atoms with Crippen molar-refractivity contribution in [1.29, 1.82) is 0 Å². The zero-order valence-corrected chi connectivity index (χ0v) is 10.4. The lowest BCUT2D eigenvalue weighted by molar-refractivity contribution is 0.253. The molecule has 1 aliphatic rings. The van der Waals surface area contributed by atoms with Crippen LogP contribution in [0.4, 0.5) is 0 Å². The van der Waals surface area contributed by atoms with Crippen molar-refractivity contribution < 1.29 is 0 Å². The first-order valence-corrected chi connectivity index (χ1v) is 6.13. The van der Waals surface area contributed by atoms with Gasteiger partial charge in [-0.1, -0.05) is 24.3 Å². The summed E-state index contributed by atoms with van der Waals surface area (Å²) < 4.78 is 0. The third kappa shape index (κ3) is 2.45. The highest BCUT2D eigenvalue weighted by Crippen LogP contribution is 2.38. The first kappa shape index (κ1) is 11.6. The summed E-state index contributed by atoms with van der Waals surface area (Å²) >= 11 is 0. The molecule has 0 amide bonds. The van der Waals surface area contributed by atoms with Crippen LogP contribution >= 0.6 is 0 Å². The van der Waals surface area contributed by atoms with Gasteiger partial charge in [0, 0.05) is 12.1 Å². The summed E-state index contributed by atoms with van der Waals surface area (Å²) in [6.45, 7) is 1.10. The van der Waals surface area contributed by atoms with Gasteiger partial charge in [-0.25, -0.2) is 0 Å². The molecule has 88 valence electrons. The van der Waals surface area contributed by atoms with Gasteiger partial charge in [-0.3, -0.25) is 0 Å². The number of nitrogens with zero attached hydrogens (tertiary/aromatic N) is 1. The molecule has 0 spiro atoms. The van der Waals surface area contributed by atoms with Crippen molar-refractivity contribution >= 4 is 0 Å². The molecule has 0 radical (unpaired) electrons. The molecule has 2 N–H and O–H groups in total. The maximum atomic E-state index is 6.29. The highest BCUT2D eigenvalue weighted by molar-refractivity contribution is 5.30. The van der Waals surface area contributed by atoms with Crippen LogP contribution in [0, 0.1) is 0 Å². The molecule has 2 nitrogen and oxygen atoms in total. The van der Waals surface area contributed by atoms with E-state index in [0.29, 0.717) is 0 Å². The molecular weight excluding hydrogens is 196 g/mol. The fourth-order valence-electron chi connectivity index (χ4n) is 2.20. The third-order valence-corrected chi connectivity index (χ3v) is 3.62. The van der Waals surface area contributed by atoms with E-state index in [1.165, 1.54) is 17.5 Å². The fraction of sp³-hybridized carbons (Fsp3) is 0.571. The van der Waals surface area contributed by atoms with E-state index in [0.717, 1.165) is 25.8 Å². The average molecular weight is 218 g/mol. The van der Waals surface area contributed by atoms with Crippen molar-refractivity contribution in [2.45, 2.75) is 31.2 Å². The lowest BCUT2D eigenvalue weighted by Crippen LogP contribution is -2.43. The van der Waals surface area contributed by atoms with Gasteiger partial charge < -0.3 is 10.6 Å². The Morgan fingerprint density at radius 2 is 1.81 bits per heavy atom. The molecule has 1 aromatic rings. The van der Waals surface area contributed by atoms with Crippen LogP contribution in [0.15, 0.2) is 24.3 Å². The molecule has 1 aromatic carbocycles. The lowest BCUT2D eigenvalue weighted by Gasteiger charge is -2.38. The van der Waals surface area contributed by atoms with E-state index in [-0.39, 0.29) is 5.54 Å². The molecular formula is C14H22N2. The fourth-order valence-corrected chi connectivity index (χ4v) is 2.20. The Bertz CT molecular complexity index is 336. The summed E-state index contributed by atoms with van der Waals surface area (Å²) in [5.41, 5.74) is 8.99. The van der Waals surface area contributed by atoms with Gasteiger partial charge in [0.25, 0.3) is 0 Å². The minimum Gasteiger partial charge on any atom is -0.321 e. The molecule has 0 aliphatic heterocycles. The van der Waals surface area contributed by atoms with Crippen molar-refractivity contribution in [3.63, 3.8) is 0 Å². The summed E-state index contributed by atoms with van der Waals surface area (Å²) in [5.74, 6) is 0. The summed E-state index contributed by atoms with van der Waals surface area (Å²) in [4.78, 5) is 2.21. The summed E-state index contributed by atoms with van der Waals surface area (Å²) in [5, 5.41) is 0. The second-order valence-corrected chi connectivity index (χ2v) is 5.26. The Labute approximate surface area is 98.4 Å². The Morgan fingerprint density at radius 1 is 1.19 bits per heavy atom. The van der Waals surface area contributed by atoms with Crippen LogP contribution in [0.2, 0.25) is 0 Å². The van der Waals surface area contributed by atoms with E-state index < -0.39 is 0 Å². The zero-order valence-electron chi connectivity index (χ0n) is 10.4. The smallest absolute Gasteiger partial charge is 0.0409 e. The first-order chi connectivity index (χ1) is 7.60. The van der Waals surface area contributed by atoms with Crippen molar-refractivity contribution in [3.8, 4) is 0 Å². The van der Waals surface area contributed by atoms with E-state index in [9.17, 15) is 0 Å². The Balaban J connectivity index is 1.99. The average Bonchev–Trinajstić information content (AvgIpc) is 2.24. The van der Waals surface area contributed by atoms with Gasteiger partial charge in [0.15, 0.2) is 0 Å². The van der Waals surface area contributed by atoms with Crippen LogP contribution in [-0.4, -0.2) is 25.5 Å². The van der Waals surface area contributed by atoms with Crippen molar-refractivity contribution in [2.75, 3.05) is 20.6 Å². The lowest BCUT2D eigenvalue weighted by atomic mass is 9.72. The number of likely N-dealkylation sites (N-methyl/N-ethyl adjacent to an activating group) is 1. The molecule has 1 fully saturated rings. The van der Waals surface area contributed by atoms with Gasteiger partial charge in [-0.05, 0) is 50.9 Å². The highest BCUT2D eigenvalue weighted by Gasteiger charge is 2.33. The second-order valence-electron chi connectivity index (χ2n) is 5.26. The van der Waals surface area contributed by atoms with Crippen LogP contribution < -0.4 is 5.73 Å². The maximum absolute atomic E-state index is 6.29. The van der Waals surface area contributed by atoms with Crippen molar-refractivity contribution in [1.82, 2.24) is 4.90 Å². The molecule has 1 aliphatic carbocycles. The van der Waals surface area contributed by atoms with E-state index in [4.69, 9.17) is 5.73 Å². The molecule has 0 bridgehead atoms. The monoisotopic (exact) mass is 218 g/mol. The number of hydrogen-bond donors (Lipinski definition) is 1. The quantitative estimate of drug-likeness (QED) is 0.839. The van der Waals surface area contributed by atoms with Gasteiger partial charge in [0.05, 0.1) is 0 Å². The predicted molar refractivity (Wildman–Crippen MR) is 68.4 cm³/mol. The van der Waals surface area contributed by atoms with Gasteiger partial charge in [-0.2, -0.15) is 0 Å². The van der Waals surface area contributed by atoms with Gasteiger partial charge in [0.2, 0.25) is 0 Å². The molecule has 0 unspecified atom stereocenters. The van der Waals surface area contributed by atoms with Gasteiger partial charge >= 0.3 is 0 Å². The Morgan fingerprint density at radius 3 is 2.25 bits per heavy atom. The van der Waals surface area contributed by atoms with Gasteiger partial charge in [0.1, 0.15) is 0 Å². The summed E-state index contributed by atoms with van der Waals surface area (Å²) in [6, 6.07) is 8.88. The minimum absolute atomic E-state index is 0.0138. The van der Waals surface area contributed by atoms with E-state index in [1.54, 1.807) is 0 Å². The normalized spacial score (nSPS) is 18.5.